The first kappa shape index (κ1) is 36.0. The fraction of sp³-hybridized carbons (Fsp3) is 0.324. The largest absolute Gasteiger partial charge is 0.870 e. The van der Waals surface area contributed by atoms with Gasteiger partial charge in [-0.1, -0.05) is 53.5 Å². The fourth-order valence-corrected chi connectivity index (χ4v) is 6.90. The van der Waals surface area contributed by atoms with Crippen LogP contribution in [0.5, 0.6) is 11.5 Å². The summed E-state index contributed by atoms with van der Waals surface area (Å²) in [5.41, 5.74) is 2.18. The fourth-order valence-electron chi connectivity index (χ4n) is 5.50. The Morgan fingerprint density at radius 1 is 1.02 bits per heavy atom. The summed E-state index contributed by atoms with van der Waals surface area (Å²) >= 11 is 14.2. The van der Waals surface area contributed by atoms with E-state index in [0.29, 0.717) is 55.5 Å². The van der Waals surface area contributed by atoms with Crippen LogP contribution in [-0.2, 0) is 32.6 Å². The van der Waals surface area contributed by atoms with E-state index < -0.39 is 17.6 Å². The van der Waals surface area contributed by atoms with Crippen LogP contribution >= 0.6 is 34.5 Å². The number of H-pyrrole nitrogens is 1. The second-order valence-electron chi connectivity index (χ2n) is 11.1. The van der Waals surface area contributed by atoms with E-state index in [-0.39, 0.29) is 24.5 Å². The van der Waals surface area contributed by atoms with Gasteiger partial charge in [-0.15, -0.1) is 11.3 Å². The van der Waals surface area contributed by atoms with Crippen LogP contribution in [0.2, 0.25) is 10.0 Å². The van der Waals surface area contributed by atoms with Crippen molar-refractivity contribution in [2.45, 2.75) is 30.9 Å². The normalized spacial score (nSPS) is 15.7. The molecule has 47 heavy (non-hydrogen) atoms. The van der Waals surface area contributed by atoms with E-state index in [9.17, 15) is 9.59 Å². The summed E-state index contributed by atoms with van der Waals surface area (Å²) in [5, 5.41) is 4.91. The first-order chi connectivity index (χ1) is 22.1. The van der Waals surface area contributed by atoms with Crippen molar-refractivity contribution in [3.63, 3.8) is 0 Å². The maximum absolute atomic E-state index is 13.7. The van der Waals surface area contributed by atoms with E-state index in [1.807, 2.05) is 43.3 Å². The highest BCUT2D eigenvalue weighted by Gasteiger charge is 2.47. The minimum Gasteiger partial charge on any atom is -0.870 e. The van der Waals surface area contributed by atoms with Gasteiger partial charge in [0.2, 0.25) is 0 Å². The number of ether oxygens (including phenoxy) is 4. The molecule has 1 aliphatic rings. The zero-order valence-corrected chi connectivity index (χ0v) is 28.8. The summed E-state index contributed by atoms with van der Waals surface area (Å²) in [6.07, 6.45) is 3.95. The maximum Gasteiger partial charge on any atom is 0.349 e. The highest BCUT2D eigenvalue weighted by atomic mass is 35.5. The number of rotatable bonds is 13. The first-order valence-corrected chi connectivity index (χ1v) is 16.3. The third-order valence-corrected chi connectivity index (χ3v) is 9.58. The highest BCUT2D eigenvalue weighted by molar-refractivity contribution is 7.17. The van der Waals surface area contributed by atoms with Gasteiger partial charge in [-0.2, -0.15) is 0 Å². The standard InChI is InChI=1S/C34H35Cl2N3O6S.H2O/c1-39(2)15-16-44-33(41)34(14-13-21-7-5-6-8-24(21)34)38-31-12-11-30(46-31)32(40)45-28(18-23-25(35)19-37-20-26(23)36)22-9-10-27(42-3)29(17-22)43-4;/h5-12,17,19-20,28,38H,13-16,18H2,1-4H3;1H2/t28-,34?;/m0./s1. The molecule has 2 aromatic carbocycles. The van der Waals surface area contributed by atoms with Crippen molar-refractivity contribution >= 4 is 51.5 Å². The quantitative estimate of drug-likeness (QED) is 0.162. The number of nitrogens with one attached hydrogen (secondary N) is 2. The predicted molar refractivity (Wildman–Crippen MR) is 180 cm³/mol. The van der Waals surface area contributed by atoms with Gasteiger partial charge in [0, 0.05) is 18.5 Å². The van der Waals surface area contributed by atoms with Gasteiger partial charge >= 0.3 is 11.9 Å². The smallest absolute Gasteiger partial charge is 0.349 e. The second-order valence-corrected chi connectivity index (χ2v) is 13.0. The van der Waals surface area contributed by atoms with Crippen molar-refractivity contribution in [2.75, 3.05) is 46.8 Å². The van der Waals surface area contributed by atoms with Crippen LogP contribution in [0.1, 0.15) is 44.5 Å². The molecule has 2 atom stereocenters. The molecule has 1 aliphatic carbocycles. The minimum absolute atomic E-state index is 0. The number of thiophene rings is 1. The Morgan fingerprint density at radius 2 is 1.74 bits per heavy atom. The number of carbonyl (C=O) groups is 2. The number of fused-ring (bicyclic) bond motifs is 1. The Labute approximate surface area is 287 Å². The first-order valence-electron chi connectivity index (χ1n) is 14.7. The number of benzene rings is 2. The number of halogens is 2. The van der Waals surface area contributed by atoms with E-state index in [4.69, 9.17) is 42.1 Å². The van der Waals surface area contributed by atoms with Gasteiger partial charge in [0.25, 0.3) is 0 Å². The molecule has 0 saturated heterocycles. The van der Waals surface area contributed by atoms with Crippen molar-refractivity contribution in [3.8, 4) is 11.5 Å². The van der Waals surface area contributed by atoms with Crippen LogP contribution in [0.25, 0.3) is 0 Å². The average molecular weight is 703 g/mol. The summed E-state index contributed by atoms with van der Waals surface area (Å²) in [7, 11) is 6.94. The van der Waals surface area contributed by atoms with Crippen LogP contribution in [-0.4, -0.2) is 63.8 Å². The van der Waals surface area contributed by atoms with E-state index in [0.717, 1.165) is 17.5 Å². The molecule has 1 unspecified atom stereocenters. The molecule has 5 rings (SSSR count). The molecule has 0 spiro atoms. The van der Waals surface area contributed by atoms with Crippen LogP contribution in [0.4, 0.5) is 5.00 Å². The number of aromatic nitrogens is 1. The summed E-state index contributed by atoms with van der Waals surface area (Å²) in [6.45, 7) is 0.877. The summed E-state index contributed by atoms with van der Waals surface area (Å²) in [4.78, 5) is 32.5. The van der Waals surface area contributed by atoms with E-state index in [1.165, 1.54) is 18.4 Å². The molecule has 0 aliphatic heterocycles. The highest BCUT2D eigenvalue weighted by Crippen LogP contribution is 2.42. The molecular weight excluding hydrogens is 665 g/mol. The average Bonchev–Trinajstić information content (AvgIpc) is 3.67. The third-order valence-electron chi connectivity index (χ3n) is 7.93. The number of hydrogen-bond acceptors (Lipinski definition) is 10. The second kappa shape index (κ2) is 15.8. The predicted octanol–water partition coefficient (Wildman–Crippen LogP) is 6.21. The molecule has 4 aromatic rings. The number of likely N-dealkylation sites (N-methyl/N-ethyl adjacent to an activating group) is 1. The lowest BCUT2D eigenvalue weighted by Gasteiger charge is -2.30. The number of pyridine rings is 1. The minimum atomic E-state index is -1.07. The van der Waals surface area contributed by atoms with E-state index >= 15 is 0 Å². The molecule has 250 valence electrons. The summed E-state index contributed by atoms with van der Waals surface area (Å²) in [6, 6.07) is 16.7. The van der Waals surface area contributed by atoms with Gasteiger partial charge in [-0.05, 0) is 67.9 Å². The van der Waals surface area contributed by atoms with Gasteiger partial charge in [0.15, 0.2) is 29.4 Å². The van der Waals surface area contributed by atoms with Gasteiger partial charge in [0.05, 0.1) is 19.2 Å². The number of methoxy groups -OCH3 is 2. The number of anilines is 1. The van der Waals surface area contributed by atoms with Crippen LogP contribution in [0, 0.1) is 0 Å². The molecule has 0 amide bonds. The van der Waals surface area contributed by atoms with Gasteiger partial charge in [-0.25, -0.2) is 14.6 Å². The molecule has 0 radical (unpaired) electrons. The SMILES string of the molecule is COc1ccc([C@H](Cc2c(Cl)c[nH+]cc2Cl)OC(=O)c2ccc(NC3(C(=O)OCCN(C)C)CCc4ccccc43)s2)cc1OC.[OH-]. The van der Waals surface area contributed by atoms with Crippen molar-refractivity contribution in [1.82, 2.24) is 4.90 Å². The Kier molecular flexibility index (Phi) is 12.1. The summed E-state index contributed by atoms with van der Waals surface area (Å²) < 4.78 is 22.8. The van der Waals surface area contributed by atoms with Crippen LogP contribution in [0.3, 0.4) is 0 Å². The molecule has 0 bridgehead atoms. The number of aryl methyl sites for hydroxylation is 1. The van der Waals surface area contributed by atoms with Crippen LogP contribution < -0.4 is 19.8 Å². The van der Waals surface area contributed by atoms with Gasteiger partial charge < -0.3 is 34.6 Å². The van der Waals surface area contributed by atoms with E-state index in [2.05, 4.69) is 10.3 Å². The number of nitrogens with zero attached hydrogens (tertiary/aromatic N) is 1. The number of esters is 2. The topological polar surface area (TPSA) is 130 Å². The molecule has 2 aromatic heterocycles. The molecule has 3 N–H and O–H groups in total. The van der Waals surface area contributed by atoms with Crippen molar-refractivity contribution < 1.29 is 39.0 Å². The zero-order valence-electron chi connectivity index (χ0n) is 26.5. The molecule has 0 fully saturated rings. The van der Waals surface area contributed by atoms with Crippen LogP contribution in [0.15, 0.2) is 67.0 Å². The lowest BCUT2D eigenvalue weighted by Crippen LogP contribution is -2.43. The van der Waals surface area contributed by atoms with Crippen molar-refractivity contribution in [3.05, 3.63) is 104 Å². The van der Waals surface area contributed by atoms with Crippen molar-refractivity contribution in [1.29, 1.82) is 0 Å². The summed E-state index contributed by atoms with van der Waals surface area (Å²) in [5.74, 6) is 0.140. The zero-order chi connectivity index (χ0) is 32.8. The number of carbonyl (C=O) groups excluding carboxylic acids is 2. The molecular formula is C34H37Cl2N3O7S. The number of aromatic amines is 1. The Balaban J connectivity index is 0.00000500. The molecule has 2 heterocycles. The van der Waals surface area contributed by atoms with Gasteiger partial charge in [-0.3, -0.25) is 0 Å². The lowest BCUT2D eigenvalue weighted by molar-refractivity contribution is -0.377. The maximum atomic E-state index is 13.7. The Morgan fingerprint density at radius 3 is 2.45 bits per heavy atom. The van der Waals surface area contributed by atoms with Crippen molar-refractivity contribution in [2.24, 2.45) is 0 Å². The Hall–Kier alpha value is -3.87. The van der Waals surface area contributed by atoms with Gasteiger partial charge in [0.1, 0.15) is 27.6 Å². The molecule has 13 heteroatoms. The number of hydrogen-bond donors (Lipinski definition) is 1. The van der Waals surface area contributed by atoms with E-state index in [1.54, 1.807) is 49.8 Å². The molecule has 0 saturated carbocycles. The third kappa shape index (κ3) is 7.99. The molecule has 10 nitrogen and oxygen atoms in total. The lowest BCUT2D eigenvalue weighted by atomic mass is 9.92. The Bertz CT molecular complexity index is 1700. The monoisotopic (exact) mass is 701 g/mol.